The monoisotopic (exact) mass is 711 g/mol. The molecule has 2 aromatic carbocycles. The molecular formula is C36H50BrN3O5Si. The second-order valence-electron chi connectivity index (χ2n) is 13.9. The molecule has 0 aliphatic carbocycles. The Morgan fingerprint density at radius 2 is 1.78 bits per heavy atom. The van der Waals surface area contributed by atoms with Crippen LogP contribution in [0.25, 0.3) is 21.8 Å². The highest BCUT2D eigenvalue weighted by Gasteiger charge is 2.42. The highest BCUT2D eigenvalue weighted by molar-refractivity contribution is 9.10. The molecule has 0 spiro atoms. The van der Waals surface area contributed by atoms with Gasteiger partial charge in [-0.3, -0.25) is 9.59 Å². The Morgan fingerprint density at radius 1 is 1.11 bits per heavy atom. The molecule has 1 unspecified atom stereocenters. The van der Waals surface area contributed by atoms with E-state index in [1.54, 1.807) is 7.05 Å². The number of aromatic amines is 2. The summed E-state index contributed by atoms with van der Waals surface area (Å²) in [4.78, 5) is 30.7. The Labute approximate surface area is 282 Å². The normalized spacial score (nSPS) is 16.7. The molecule has 0 bridgehead atoms. The van der Waals surface area contributed by atoms with Crippen molar-refractivity contribution in [3.63, 3.8) is 0 Å². The Morgan fingerprint density at radius 3 is 2.41 bits per heavy atom. The number of carbonyl (C=O) groups excluding carboxylic acids is 1. The number of nitrogens with one attached hydrogen (secondary N) is 3. The number of hydrogen-bond donors (Lipinski definition) is 4. The number of H-pyrrole nitrogens is 2. The van der Waals surface area contributed by atoms with Gasteiger partial charge < -0.3 is 29.6 Å². The van der Waals surface area contributed by atoms with Crippen LogP contribution in [-0.2, 0) is 32.4 Å². The van der Waals surface area contributed by atoms with Gasteiger partial charge in [-0.05, 0) is 85.6 Å². The number of aryl methyl sites for hydroxylation is 2. The molecule has 4 aromatic rings. The van der Waals surface area contributed by atoms with Crippen molar-refractivity contribution in [2.24, 2.45) is 0 Å². The number of halogens is 1. The van der Waals surface area contributed by atoms with Gasteiger partial charge in [-0.1, -0.05) is 62.2 Å². The lowest BCUT2D eigenvalue weighted by molar-refractivity contribution is -0.149. The number of benzene rings is 2. The fraction of sp³-hybridized carbons (Fsp3) is 0.500. The number of aromatic nitrogens is 2. The molecule has 8 nitrogen and oxygen atoms in total. The maximum absolute atomic E-state index is 12.3. The minimum Gasteiger partial charge on any atom is -0.481 e. The zero-order chi connectivity index (χ0) is 34.0. The summed E-state index contributed by atoms with van der Waals surface area (Å²) >= 11 is 3.67. The molecule has 2 aromatic heterocycles. The molecule has 5 rings (SSSR count). The standard InChI is InChI=1S/C19H24N2O4.C17H26BrNOSi/c1-4-8-19(10-14(22)23)17-12(7-9-25-19)15-13(18(24)20-3)6-5-11(2)16(15)21-17;1-12-7-8-14(18)15-13(11-19-16(12)15)9-10-20-21(5,6)17(2,3)4/h5-6,21H,4,7-10H2,1-3H3,(H,20,24)(H,22,23);7-8,11,19H,9-10H2,1-6H3. The average molecular weight is 713 g/mol. The summed E-state index contributed by atoms with van der Waals surface area (Å²) in [5.74, 6) is -1.03. The number of carbonyl (C=O) groups is 2. The minimum absolute atomic E-state index is 0.0883. The van der Waals surface area contributed by atoms with Gasteiger partial charge >= 0.3 is 5.97 Å². The molecular weight excluding hydrogens is 662 g/mol. The van der Waals surface area contributed by atoms with Crippen molar-refractivity contribution in [2.45, 2.75) is 97.4 Å². The summed E-state index contributed by atoms with van der Waals surface area (Å²) in [5, 5.41) is 14.6. The Kier molecular flexibility index (Phi) is 11.0. The van der Waals surface area contributed by atoms with Gasteiger partial charge in [-0.2, -0.15) is 0 Å². The van der Waals surface area contributed by atoms with E-state index in [9.17, 15) is 14.7 Å². The van der Waals surface area contributed by atoms with E-state index >= 15 is 0 Å². The second-order valence-corrected chi connectivity index (χ2v) is 19.6. The fourth-order valence-corrected chi connectivity index (χ4v) is 7.84. The lowest BCUT2D eigenvalue weighted by Gasteiger charge is -2.36. The molecule has 1 aliphatic rings. The molecule has 1 aliphatic heterocycles. The van der Waals surface area contributed by atoms with Crippen molar-refractivity contribution in [3.05, 3.63) is 68.4 Å². The van der Waals surface area contributed by atoms with E-state index in [4.69, 9.17) is 9.16 Å². The van der Waals surface area contributed by atoms with Crippen molar-refractivity contribution in [1.29, 1.82) is 0 Å². The number of carboxylic acids is 1. The van der Waals surface area contributed by atoms with Crippen LogP contribution >= 0.6 is 15.9 Å². The van der Waals surface area contributed by atoms with Gasteiger partial charge in [-0.15, -0.1) is 0 Å². The summed E-state index contributed by atoms with van der Waals surface area (Å²) < 4.78 is 13.5. The number of hydrogen-bond acceptors (Lipinski definition) is 4. The fourth-order valence-electron chi connectivity index (χ4n) is 6.21. The van der Waals surface area contributed by atoms with Crippen LogP contribution in [-0.4, -0.2) is 55.5 Å². The van der Waals surface area contributed by atoms with Gasteiger partial charge in [0.1, 0.15) is 5.60 Å². The van der Waals surface area contributed by atoms with Crippen molar-refractivity contribution in [3.8, 4) is 0 Å². The van der Waals surface area contributed by atoms with Crippen LogP contribution < -0.4 is 5.32 Å². The summed E-state index contributed by atoms with van der Waals surface area (Å²) in [6.07, 6.45) is 5.08. The van der Waals surface area contributed by atoms with Gasteiger partial charge in [0.2, 0.25) is 0 Å². The predicted molar refractivity (Wildman–Crippen MR) is 193 cm³/mol. The molecule has 0 saturated heterocycles. The van der Waals surface area contributed by atoms with Crippen LogP contribution in [0, 0.1) is 13.8 Å². The SMILES string of the molecule is CCCC1(CC(=O)O)OCCc2c1[nH]c1c(C)ccc(C(=O)NC)c21.Cc1ccc(Br)c2c(CCO[Si](C)(C)C(C)(C)C)c[nH]c12. The smallest absolute Gasteiger partial charge is 0.306 e. The van der Waals surface area contributed by atoms with E-state index in [0.717, 1.165) is 51.6 Å². The third-order valence-corrected chi connectivity index (χ3v) is 14.9. The van der Waals surface area contributed by atoms with Crippen LogP contribution in [0.15, 0.2) is 34.9 Å². The molecule has 10 heteroatoms. The molecule has 1 amide bonds. The Bertz CT molecular complexity index is 1740. The van der Waals surface area contributed by atoms with Gasteiger partial charge in [0.05, 0.1) is 18.7 Å². The molecule has 0 radical (unpaired) electrons. The maximum Gasteiger partial charge on any atom is 0.306 e. The first kappa shape index (κ1) is 35.9. The van der Waals surface area contributed by atoms with Crippen LogP contribution in [0.3, 0.4) is 0 Å². The highest BCUT2D eigenvalue weighted by atomic mass is 79.9. The molecule has 250 valence electrons. The van der Waals surface area contributed by atoms with E-state index in [1.165, 1.54) is 22.0 Å². The van der Waals surface area contributed by atoms with E-state index < -0.39 is 19.9 Å². The minimum atomic E-state index is -1.65. The van der Waals surface area contributed by atoms with Crippen molar-refractivity contribution in [2.75, 3.05) is 20.3 Å². The zero-order valence-electron chi connectivity index (χ0n) is 28.8. The molecule has 3 heterocycles. The summed E-state index contributed by atoms with van der Waals surface area (Å²) in [6.45, 7) is 18.9. The maximum atomic E-state index is 12.3. The molecule has 46 heavy (non-hydrogen) atoms. The van der Waals surface area contributed by atoms with Gasteiger partial charge in [0, 0.05) is 51.7 Å². The first-order valence-corrected chi connectivity index (χ1v) is 19.9. The van der Waals surface area contributed by atoms with E-state index in [1.807, 2.05) is 26.0 Å². The van der Waals surface area contributed by atoms with Crippen LogP contribution in [0.4, 0.5) is 0 Å². The van der Waals surface area contributed by atoms with Gasteiger partial charge in [0.15, 0.2) is 8.32 Å². The van der Waals surface area contributed by atoms with E-state index in [-0.39, 0.29) is 17.4 Å². The van der Waals surface area contributed by atoms with E-state index in [2.05, 4.69) is 90.3 Å². The number of rotatable bonds is 9. The Hall–Kier alpha value is -2.92. The van der Waals surface area contributed by atoms with Gasteiger partial charge in [-0.25, -0.2) is 0 Å². The van der Waals surface area contributed by atoms with Crippen LogP contribution in [0.2, 0.25) is 18.1 Å². The predicted octanol–water partition coefficient (Wildman–Crippen LogP) is 8.68. The largest absolute Gasteiger partial charge is 0.481 e. The van der Waals surface area contributed by atoms with Crippen molar-refractivity contribution >= 4 is 57.9 Å². The number of carboxylic acid groups (broad SMARTS) is 1. The molecule has 0 saturated carbocycles. The number of fused-ring (bicyclic) bond motifs is 4. The Balaban J connectivity index is 0.000000212. The first-order valence-electron chi connectivity index (χ1n) is 16.2. The number of ether oxygens (including phenoxy) is 1. The first-order chi connectivity index (χ1) is 21.6. The molecule has 0 fully saturated rings. The van der Waals surface area contributed by atoms with Gasteiger partial charge in [0.25, 0.3) is 5.91 Å². The lowest BCUT2D eigenvalue weighted by atomic mass is 9.84. The molecule has 1 atom stereocenters. The summed E-state index contributed by atoms with van der Waals surface area (Å²) in [7, 11) is -0.0391. The number of aliphatic carboxylic acids is 1. The van der Waals surface area contributed by atoms with Crippen molar-refractivity contribution in [1.82, 2.24) is 15.3 Å². The quantitative estimate of drug-likeness (QED) is 0.130. The zero-order valence-corrected chi connectivity index (χ0v) is 31.4. The van der Waals surface area contributed by atoms with Crippen LogP contribution in [0.1, 0.15) is 85.3 Å². The third kappa shape index (κ3) is 7.15. The highest BCUT2D eigenvalue weighted by Crippen LogP contribution is 2.44. The third-order valence-electron chi connectivity index (χ3n) is 9.73. The molecule has 4 N–H and O–H groups in total. The summed E-state index contributed by atoms with van der Waals surface area (Å²) in [6, 6.07) is 8.01. The lowest BCUT2D eigenvalue weighted by Crippen LogP contribution is -2.41. The van der Waals surface area contributed by atoms with Crippen LogP contribution in [0.5, 0.6) is 0 Å². The second kappa shape index (κ2) is 14.1. The topological polar surface area (TPSA) is 116 Å². The van der Waals surface area contributed by atoms with Crippen molar-refractivity contribution < 1.29 is 23.9 Å². The number of amides is 1. The average Bonchev–Trinajstić information content (AvgIpc) is 3.59. The summed E-state index contributed by atoms with van der Waals surface area (Å²) in [5.41, 5.74) is 7.34. The van der Waals surface area contributed by atoms with E-state index in [0.29, 0.717) is 25.0 Å².